The van der Waals surface area contributed by atoms with E-state index in [1.165, 1.54) is 0 Å². The molecule has 4 nitrogen and oxygen atoms in total. The number of hydrogen-bond acceptors (Lipinski definition) is 4. The molecular formula is C13H18BrF2N3O. The number of ether oxygens (including phenoxy) is 1. The number of nitrogen functional groups attached to an aromatic ring is 1. The summed E-state index contributed by atoms with van der Waals surface area (Å²) >= 11 is 3.42. The maximum atomic E-state index is 12.1. The molecule has 0 amide bonds. The molecule has 0 spiro atoms. The predicted octanol–water partition coefficient (Wildman–Crippen LogP) is 3.70. The number of anilines is 2. The fourth-order valence-electron chi connectivity index (χ4n) is 2.38. The summed E-state index contributed by atoms with van der Waals surface area (Å²) in [7, 11) is 0. The Morgan fingerprint density at radius 3 is 2.65 bits per heavy atom. The molecule has 1 saturated carbocycles. The van der Waals surface area contributed by atoms with Gasteiger partial charge in [0.1, 0.15) is 5.82 Å². The van der Waals surface area contributed by atoms with Gasteiger partial charge in [0.2, 0.25) is 0 Å². The Hall–Kier alpha value is -0.950. The second kappa shape index (κ2) is 6.67. The van der Waals surface area contributed by atoms with E-state index >= 15 is 0 Å². The van der Waals surface area contributed by atoms with Crippen molar-refractivity contribution in [3.63, 3.8) is 0 Å². The van der Waals surface area contributed by atoms with Gasteiger partial charge < -0.3 is 15.8 Å². The second-order valence-corrected chi connectivity index (χ2v) is 5.86. The molecule has 0 atom stereocenters. The molecule has 0 bridgehead atoms. The molecule has 1 aliphatic rings. The van der Waals surface area contributed by atoms with Gasteiger partial charge in [0.05, 0.1) is 22.0 Å². The van der Waals surface area contributed by atoms with Crippen LogP contribution in [0.2, 0.25) is 0 Å². The highest BCUT2D eigenvalue weighted by Crippen LogP contribution is 2.29. The van der Waals surface area contributed by atoms with Gasteiger partial charge in [0.15, 0.2) is 0 Å². The standard InChI is InChI=1S/C13H18BrF2N3O/c1-7-11(17)6-10(14)12(18-7)19-8-2-4-9(5-3-8)20-13(15)16/h6,8-9,13H,2-5,17H2,1H3,(H,18,19)/t8-,9+. The first-order valence-electron chi connectivity index (χ1n) is 6.58. The lowest BCUT2D eigenvalue weighted by atomic mass is 9.93. The lowest BCUT2D eigenvalue weighted by molar-refractivity contribution is -0.169. The first kappa shape index (κ1) is 15.4. The summed E-state index contributed by atoms with van der Waals surface area (Å²) in [6.45, 7) is -0.833. The molecule has 0 saturated heterocycles. The Kier molecular flexibility index (Phi) is 5.15. The molecule has 0 aromatic carbocycles. The Morgan fingerprint density at radius 1 is 1.40 bits per heavy atom. The van der Waals surface area contributed by atoms with Crippen molar-refractivity contribution in [3.8, 4) is 0 Å². The quantitative estimate of drug-likeness (QED) is 0.869. The van der Waals surface area contributed by atoms with Crippen LogP contribution < -0.4 is 11.1 Å². The van der Waals surface area contributed by atoms with Crippen LogP contribution in [-0.4, -0.2) is 23.7 Å². The van der Waals surface area contributed by atoms with E-state index in [1.807, 2.05) is 13.0 Å². The molecule has 20 heavy (non-hydrogen) atoms. The van der Waals surface area contributed by atoms with Gasteiger partial charge >= 0.3 is 6.61 Å². The van der Waals surface area contributed by atoms with Crippen molar-refractivity contribution < 1.29 is 13.5 Å². The molecule has 1 heterocycles. The van der Waals surface area contributed by atoms with Crippen LogP contribution in [0.15, 0.2) is 10.5 Å². The van der Waals surface area contributed by atoms with Crippen molar-refractivity contribution in [2.75, 3.05) is 11.1 Å². The zero-order chi connectivity index (χ0) is 14.7. The van der Waals surface area contributed by atoms with Gasteiger partial charge in [-0.1, -0.05) is 0 Å². The highest BCUT2D eigenvalue weighted by atomic mass is 79.9. The summed E-state index contributed by atoms with van der Waals surface area (Å²) in [5, 5.41) is 3.33. The topological polar surface area (TPSA) is 60.2 Å². The average Bonchev–Trinajstić information content (AvgIpc) is 2.37. The zero-order valence-corrected chi connectivity index (χ0v) is 12.8. The van der Waals surface area contributed by atoms with Gasteiger partial charge in [-0.25, -0.2) is 4.98 Å². The van der Waals surface area contributed by atoms with Gasteiger partial charge in [0, 0.05) is 6.04 Å². The van der Waals surface area contributed by atoms with Crippen molar-refractivity contribution in [1.82, 2.24) is 4.98 Å². The molecule has 112 valence electrons. The average molecular weight is 350 g/mol. The molecule has 1 aromatic heterocycles. The number of pyridine rings is 1. The van der Waals surface area contributed by atoms with E-state index in [0.717, 1.165) is 28.8 Å². The number of nitrogens with one attached hydrogen (secondary N) is 1. The summed E-state index contributed by atoms with van der Waals surface area (Å²) in [5.74, 6) is 0.745. The van der Waals surface area contributed by atoms with Crippen molar-refractivity contribution in [1.29, 1.82) is 0 Å². The third-order valence-electron chi connectivity index (χ3n) is 3.52. The van der Waals surface area contributed by atoms with Crippen LogP contribution in [0.1, 0.15) is 31.4 Å². The summed E-state index contributed by atoms with van der Waals surface area (Å²) in [6.07, 6.45) is 2.50. The van der Waals surface area contributed by atoms with Gasteiger partial charge in [-0.2, -0.15) is 8.78 Å². The molecule has 0 unspecified atom stereocenters. The monoisotopic (exact) mass is 349 g/mol. The van der Waals surface area contributed by atoms with Crippen LogP contribution in [0.5, 0.6) is 0 Å². The predicted molar refractivity (Wildman–Crippen MR) is 77.8 cm³/mol. The molecule has 0 radical (unpaired) electrons. The molecule has 2 rings (SSSR count). The van der Waals surface area contributed by atoms with Gasteiger partial charge in [-0.05, 0) is 54.6 Å². The molecule has 7 heteroatoms. The first-order valence-corrected chi connectivity index (χ1v) is 7.37. The third kappa shape index (κ3) is 4.02. The zero-order valence-electron chi connectivity index (χ0n) is 11.2. The third-order valence-corrected chi connectivity index (χ3v) is 4.12. The Balaban J connectivity index is 1.91. The number of aryl methyl sites for hydroxylation is 1. The summed E-state index contributed by atoms with van der Waals surface area (Å²) in [5.41, 5.74) is 7.18. The fraction of sp³-hybridized carbons (Fsp3) is 0.615. The van der Waals surface area contributed by atoms with E-state index in [0.29, 0.717) is 18.5 Å². The molecule has 3 N–H and O–H groups in total. The fourth-order valence-corrected chi connectivity index (χ4v) is 2.83. The number of nitrogens with zero attached hydrogens (tertiary/aromatic N) is 1. The van der Waals surface area contributed by atoms with Crippen molar-refractivity contribution >= 4 is 27.4 Å². The lowest BCUT2D eigenvalue weighted by Crippen LogP contribution is -2.31. The van der Waals surface area contributed by atoms with Crippen LogP contribution in [-0.2, 0) is 4.74 Å². The normalized spacial score (nSPS) is 23.1. The van der Waals surface area contributed by atoms with Crippen LogP contribution in [0.25, 0.3) is 0 Å². The van der Waals surface area contributed by atoms with E-state index in [2.05, 4.69) is 31.0 Å². The van der Waals surface area contributed by atoms with Crippen molar-refractivity contribution in [2.24, 2.45) is 0 Å². The minimum Gasteiger partial charge on any atom is -0.397 e. The minimum atomic E-state index is -2.68. The first-order chi connectivity index (χ1) is 9.45. The molecular weight excluding hydrogens is 332 g/mol. The van der Waals surface area contributed by atoms with Gasteiger partial charge in [-0.15, -0.1) is 0 Å². The molecule has 1 aliphatic carbocycles. The molecule has 1 fully saturated rings. The summed E-state index contributed by atoms with van der Waals surface area (Å²) in [6, 6.07) is 2.04. The van der Waals surface area contributed by atoms with Gasteiger partial charge in [-0.3, -0.25) is 0 Å². The number of aromatic nitrogens is 1. The molecule has 1 aromatic rings. The van der Waals surface area contributed by atoms with E-state index in [4.69, 9.17) is 5.73 Å². The number of rotatable bonds is 4. The largest absolute Gasteiger partial charge is 0.397 e. The summed E-state index contributed by atoms with van der Waals surface area (Å²) < 4.78 is 29.6. The Morgan fingerprint density at radius 2 is 2.05 bits per heavy atom. The van der Waals surface area contributed by atoms with Crippen LogP contribution in [0, 0.1) is 6.92 Å². The number of halogens is 3. The minimum absolute atomic E-state index is 0.222. The highest BCUT2D eigenvalue weighted by molar-refractivity contribution is 9.10. The van der Waals surface area contributed by atoms with Crippen LogP contribution >= 0.6 is 15.9 Å². The maximum absolute atomic E-state index is 12.1. The van der Waals surface area contributed by atoms with E-state index < -0.39 is 6.61 Å². The maximum Gasteiger partial charge on any atom is 0.345 e. The number of alkyl halides is 2. The van der Waals surface area contributed by atoms with E-state index in [9.17, 15) is 8.78 Å². The van der Waals surface area contributed by atoms with Crippen molar-refractivity contribution in [2.45, 2.75) is 51.4 Å². The van der Waals surface area contributed by atoms with E-state index in [1.54, 1.807) is 0 Å². The number of hydrogen-bond donors (Lipinski definition) is 2. The molecule has 0 aliphatic heterocycles. The Labute approximate surface area is 125 Å². The Bertz CT molecular complexity index is 465. The van der Waals surface area contributed by atoms with Crippen molar-refractivity contribution in [3.05, 3.63) is 16.2 Å². The SMILES string of the molecule is Cc1nc(N[C@H]2CC[C@@H](OC(F)F)CC2)c(Br)cc1N. The van der Waals surface area contributed by atoms with Crippen LogP contribution in [0.3, 0.4) is 0 Å². The summed E-state index contributed by atoms with van der Waals surface area (Å²) in [4.78, 5) is 4.40. The smallest absolute Gasteiger partial charge is 0.345 e. The van der Waals surface area contributed by atoms with Crippen LogP contribution in [0.4, 0.5) is 20.3 Å². The van der Waals surface area contributed by atoms with E-state index in [-0.39, 0.29) is 12.1 Å². The highest BCUT2D eigenvalue weighted by Gasteiger charge is 2.24. The van der Waals surface area contributed by atoms with Gasteiger partial charge in [0.25, 0.3) is 0 Å². The lowest BCUT2D eigenvalue weighted by Gasteiger charge is -2.29. The second-order valence-electron chi connectivity index (χ2n) is 5.01. The number of nitrogens with two attached hydrogens (primary N) is 1.